The van der Waals surface area contributed by atoms with Gasteiger partial charge in [-0.1, -0.05) is 19.1 Å². The molecule has 0 amide bonds. The van der Waals surface area contributed by atoms with Gasteiger partial charge in [0.2, 0.25) is 0 Å². The molecule has 8 heteroatoms. The van der Waals surface area contributed by atoms with Crippen molar-refractivity contribution in [2.75, 3.05) is 20.1 Å². The number of hydrogen-bond donors (Lipinski definition) is 2. The molecule has 0 bridgehead atoms. The minimum Gasteiger partial charge on any atom is -0.356 e. The first-order valence-electron chi connectivity index (χ1n) is 8.46. The lowest BCUT2D eigenvalue weighted by molar-refractivity contribution is -0.137. The van der Waals surface area contributed by atoms with Gasteiger partial charge in [0.15, 0.2) is 5.96 Å². The van der Waals surface area contributed by atoms with Crippen LogP contribution in [0.2, 0.25) is 0 Å². The average Bonchev–Trinajstić information content (AvgIpc) is 3.08. The van der Waals surface area contributed by atoms with Gasteiger partial charge in [0.05, 0.1) is 10.6 Å². The molecule has 0 fully saturated rings. The molecule has 0 spiro atoms. The van der Waals surface area contributed by atoms with E-state index in [0.717, 1.165) is 42.1 Å². The van der Waals surface area contributed by atoms with Crippen LogP contribution in [0.3, 0.4) is 0 Å². The third-order valence-electron chi connectivity index (χ3n) is 3.79. The number of hydrogen-bond acceptors (Lipinski definition) is 3. The van der Waals surface area contributed by atoms with Gasteiger partial charge in [0.25, 0.3) is 0 Å². The fourth-order valence-electron chi connectivity index (χ4n) is 2.32. The van der Waals surface area contributed by atoms with Crippen molar-refractivity contribution in [2.45, 2.75) is 32.4 Å². The molecule has 0 aliphatic rings. The van der Waals surface area contributed by atoms with Crippen molar-refractivity contribution in [3.05, 3.63) is 51.5 Å². The van der Waals surface area contributed by atoms with E-state index in [1.165, 1.54) is 17.0 Å². The number of halogens is 3. The predicted molar refractivity (Wildman–Crippen MR) is 99.7 cm³/mol. The molecule has 142 valence electrons. The summed E-state index contributed by atoms with van der Waals surface area (Å²) >= 11 is 1.72. The summed E-state index contributed by atoms with van der Waals surface area (Å²) in [5.41, 5.74) is 0.218. The maximum Gasteiger partial charge on any atom is 0.416 e. The van der Waals surface area contributed by atoms with E-state index in [2.05, 4.69) is 27.5 Å². The summed E-state index contributed by atoms with van der Waals surface area (Å²) < 4.78 is 37.6. The fourth-order valence-corrected chi connectivity index (χ4v) is 3.18. The minimum absolute atomic E-state index is 0.586. The Kier molecular flexibility index (Phi) is 7.44. The lowest BCUT2D eigenvalue weighted by Gasteiger charge is -2.12. The van der Waals surface area contributed by atoms with E-state index < -0.39 is 11.7 Å². The molecule has 0 radical (unpaired) electrons. The summed E-state index contributed by atoms with van der Waals surface area (Å²) in [6.07, 6.45) is 0.0584. The molecular weight excluding hydrogens is 361 g/mol. The van der Waals surface area contributed by atoms with Crippen molar-refractivity contribution in [1.29, 1.82) is 0 Å². The van der Waals surface area contributed by atoms with E-state index in [9.17, 15) is 13.2 Å². The molecule has 1 aromatic carbocycles. The topological polar surface area (TPSA) is 49.3 Å². The van der Waals surface area contributed by atoms with Crippen molar-refractivity contribution >= 4 is 17.3 Å². The van der Waals surface area contributed by atoms with Gasteiger partial charge in [0, 0.05) is 37.6 Å². The summed E-state index contributed by atoms with van der Waals surface area (Å²) in [7, 11) is 1.69. The highest BCUT2D eigenvalue weighted by molar-refractivity contribution is 7.11. The van der Waals surface area contributed by atoms with Gasteiger partial charge in [-0.3, -0.25) is 4.99 Å². The Morgan fingerprint density at radius 2 is 1.77 bits per heavy atom. The molecule has 1 aromatic heterocycles. The van der Waals surface area contributed by atoms with Crippen LogP contribution < -0.4 is 10.6 Å². The van der Waals surface area contributed by atoms with Crippen molar-refractivity contribution in [3.63, 3.8) is 0 Å². The van der Waals surface area contributed by atoms with Gasteiger partial charge < -0.3 is 10.6 Å². The predicted octanol–water partition coefficient (Wildman–Crippen LogP) is 3.67. The number of alkyl halides is 3. The van der Waals surface area contributed by atoms with E-state index in [-0.39, 0.29) is 0 Å². The molecule has 1 heterocycles. The second-order valence-electron chi connectivity index (χ2n) is 5.69. The number of aryl methyl sites for hydroxylation is 1. The summed E-state index contributed by atoms with van der Waals surface area (Å²) in [6.45, 7) is 3.41. The number of rotatable bonds is 7. The highest BCUT2D eigenvalue weighted by Gasteiger charge is 2.29. The van der Waals surface area contributed by atoms with Crippen LogP contribution >= 0.6 is 11.3 Å². The van der Waals surface area contributed by atoms with Crippen LogP contribution in [0.15, 0.2) is 35.5 Å². The van der Waals surface area contributed by atoms with Crippen LogP contribution in [0.25, 0.3) is 0 Å². The first kappa shape index (κ1) is 20.2. The van der Waals surface area contributed by atoms with Gasteiger partial charge in [-0.25, -0.2) is 4.98 Å². The van der Waals surface area contributed by atoms with Crippen LogP contribution in [0.4, 0.5) is 13.2 Å². The zero-order valence-corrected chi connectivity index (χ0v) is 15.7. The maximum absolute atomic E-state index is 12.5. The van der Waals surface area contributed by atoms with E-state index in [1.54, 1.807) is 18.4 Å². The van der Waals surface area contributed by atoms with Crippen LogP contribution in [-0.2, 0) is 25.4 Å². The normalized spacial score (nSPS) is 12.3. The van der Waals surface area contributed by atoms with Gasteiger partial charge in [0.1, 0.15) is 0 Å². The van der Waals surface area contributed by atoms with E-state index in [4.69, 9.17) is 0 Å². The summed E-state index contributed by atoms with van der Waals surface area (Å²) in [5, 5.41) is 7.47. The Labute approximate surface area is 155 Å². The zero-order valence-electron chi connectivity index (χ0n) is 14.9. The molecule has 0 atom stereocenters. The summed E-state index contributed by atoms with van der Waals surface area (Å²) in [5.74, 6) is 0.671. The molecular formula is C18H23F3N4S. The van der Waals surface area contributed by atoms with Crippen LogP contribution in [0.5, 0.6) is 0 Å². The average molecular weight is 384 g/mol. The molecule has 2 N–H and O–H groups in total. The number of nitrogens with one attached hydrogen (secondary N) is 2. The Balaban J connectivity index is 1.71. The highest BCUT2D eigenvalue weighted by Crippen LogP contribution is 2.29. The van der Waals surface area contributed by atoms with Crippen LogP contribution in [-0.4, -0.2) is 31.1 Å². The molecule has 0 saturated heterocycles. The lowest BCUT2D eigenvalue weighted by Crippen LogP contribution is -2.39. The number of aliphatic imine (C=N–C) groups is 1. The first-order valence-corrected chi connectivity index (χ1v) is 9.28. The molecule has 0 saturated carbocycles. The minimum atomic E-state index is -4.29. The van der Waals surface area contributed by atoms with Crippen LogP contribution in [0, 0.1) is 0 Å². The molecule has 0 aliphatic carbocycles. The van der Waals surface area contributed by atoms with Crippen molar-refractivity contribution in [1.82, 2.24) is 15.6 Å². The molecule has 4 nitrogen and oxygen atoms in total. The van der Waals surface area contributed by atoms with Gasteiger partial charge in [-0.2, -0.15) is 13.2 Å². The van der Waals surface area contributed by atoms with E-state index in [0.29, 0.717) is 18.9 Å². The Morgan fingerprint density at radius 1 is 1.12 bits per heavy atom. The molecule has 2 aromatic rings. The first-order chi connectivity index (χ1) is 12.4. The SMILES string of the molecule is CCc1cnc(CCNC(=NC)NCCc2ccc(C(F)(F)F)cc2)s1. The third-order valence-corrected chi connectivity index (χ3v) is 4.99. The van der Waals surface area contributed by atoms with Crippen LogP contribution in [0.1, 0.15) is 27.9 Å². The van der Waals surface area contributed by atoms with Gasteiger partial charge in [-0.05, 0) is 30.5 Å². The molecule has 0 aliphatic heterocycles. The van der Waals surface area contributed by atoms with E-state index in [1.807, 2.05) is 6.20 Å². The second-order valence-corrected chi connectivity index (χ2v) is 6.89. The molecule has 0 unspecified atom stereocenters. The molecule has 2 rings (SSSR count). The number of thiazole rings is 1. The standard InChI is InChI=1S/C18H23F3N4S/c1-3-15-12-25-16(26-15)9-11-24-17(22-2)23-10-8-13-4-6-14(7-5-13)18(19,20)21/h4-7,12H,3,8-11H2,1-2H3,(H2,22,23,24). The monoisotopic (exact) mass is 384 g/mol. The third kappa shape index (κ3) is 6.33. The second kappa shape index (κ2) is 9.56. The van der Waals surface area contributed by atoms with Gasteiger partial charge in [-0.15, -0.1) is 11.3 Å². The smallest absolute Gasteiger partial charge is 0.356 e. The van der Waals surface area contributed by atoms with Crippen molar-refractivity contribution in [2.24, 2.45) is 4.99 Å². The van der Waals surface area contributed by atoms with Gasteiger partial charge >= 0.3 is 6.18 Å². The molecule has 26 heavy (non-hydrogen) atoms. The number of nitrogens with zero attached hydrogens (tertiary/aromatic N) is 2. The summed E-state index contributed by atoms with van der Waals surface area (Å²) in [4.78, 5) is 9.80. The largest absolute Gasteiger partial charge is 0.416 e. The highest BCUT2D eigenvalue weighted by atomic mass is 32.1. The summed E-state index contributed by atoms with van der Waals surface area (Å²) in [6, 6.07) is 5.24. The number of benzene rings is 1. The quantitative estimate of drug-likeness (QED) is 0.566. The number of guanidine groups is 1. The maximum atomic E-state index is 12.5. The number of aromatic nitrogens is 1. The zero-order chi connectivity index (χ0) is 19.0. The van der Waals surface area contributed by atoms with E-state index >= 15 is 0 Å². The Morgan fingerprint density at radius 3 is 2.31 bits per heavy atom. The lowest BCUT2D eigenvalue weighted by atomic mass is 10.1. The van der Waals surface area contributed by atoms with Crippen molar-refractivity contribution < 1.29 is 13.2 Å². The Hall–Kier alpha value is -2.09. The fraction of sp³-hybridized carbons (Fsp3) is 0.444. The Bertz CT molecular complexity index is 708. The van der Waals surface area contributed by atoms with Crippen molar-refractivity contribution in [3.8, 4) is 0 Å².